The van der Waals surface area contributed by atoms with E-state index in [9.17, 15) is 4.79 Å². The third-order valence-corrected chi connectivity index (χ3v) is 5.38. The van der Waals surface area contributed by atoms with Crippen LogP contribution in [-0.4, -0.2) is 52.3 Å². The van der Waals surface area contributed by atoms with Gasteiger partial charge in [-0.15, -0.1) is 0 Å². The maximum Gasteiger partial charge on any atom is 0.288 e. The third-order valence-electron chi connectivity index (χ3n) is 5.38. The highest BCUT2D eigenvalue weighted by molar-refractivity contribution is 5.90. The molecule has 1 saturated heterocycles. The Bertz CT molecular complexity index is 1010. The van der Waals surface area contributed by atoms with Crippen LogP contribution in [0.15, 0.2) is 24.4 Å². The molecule has 0 bridgehead atoms. The number of hydrogen-bond acceptors (Lipinski definition) is 6. The molecule has 28 heavy (non-hydrogen) atoms. The number of amides is 1. The summed E-state index contributed by atoms with van der Waals surface area (Å²) >= 11 is 0. The van der Waals surface area contributed by atoms with Gasteiger partial charge >= 0.3 is 0 Å². The van der Waals surface area contributed by atoms with Gasteiger partial charge in [-0.3, -0.25) is 9.89 Å². The summed E-state index contributed by atoms with van der Waals surface area (Å²) < 4.78 is 0. The average Bonchev–Trinajstić information content (AvgIpc) is 3.36. The van der Waals surface area contributed by atoms with Gasteiger partial charge in [0.05, 0.1) is 11.7 Å². The fraction of sp³-hybridized carbons (Fsp3) is 0.400. The quantitative estimate of drug-likeness (QED) is 0.624. The molecule has 1 aliphatic heterocycles. The lowest BCUT2D eigenvalue weighted by atomic mass is 10.1. The Labute approximate surface area is 163 Å². The summed E-state index contributed by atoms with van der Waals surface area (Å²) in [7, 11) is 1.59. The standard InChI is InChI=1S/C20H25N7O/c1-12-13(2)24-18(20(28)21-3)25-19(12)27-7-6-16(11-27)22-9-14-4-5-15-10-23-26-17(15)8-14/h4-5,8,10,16,22H,6-7,9,11H2,1-3H3,(H,21,28)(H,23,26)/t16-/m1/s1. The van der Waals surface area contributed by atoms with Gasteiger partial charge in [0.1, 0.15) is 5.82 Å². The maximum atomic E-state index is 12.0. The topological polar surface area (TPSA) is 98.8 Å². The number of nitrogens with one attached hydrogen (secondary N) is 3. The van der Waals surface area contributed by atoms with Crippen LogP contribution in [0, 0.1) is 13.8 Å². The summed E-state index contributed by atoms with van der Waals surface area (Å²) in [5.41, 5.74) is 4.15. The zero-order valence-corrected chi connectivity index (χ0v) is 16.4. The molecule has 1 atom stereocenters. The fourth-order valence-electron chi connectivity index (χ4n) is 3.61. The second kappa shape index (κ2) is 7.55. The predicted octanol–water partition coefficient (Wildman–Crippen LogP) is 1.70. The molecule has 8 nitrogen and oxygen atoms in total. The van der Waals surface area contributed by atoms with Crippen molar-refractivity contribution in [3.05, 3.63) is 47.0 Å². The Morgan fingerprint density at radius 2 is 2.18 bits per heavy atom. The largest absolute Gasteiger partial charge is 0.355 e. The molecule has 0 saturated carbocycles. The van der Waals surface area contributed by atoms with Crippen molar-refractivity contribution in [1.29, 1.82) is 0 Å². The first-order valence-corrected chi connectivity index (χ1v) is 9.53. The Hall–Kier alpha value is -3.00. The molecule has 0 radical (unpaired) electrons. The highest BCUT2D eigenvalue weighted by atomic mass is 16.2. The van der Waals surface area contributed by atoms with Crippen molar-refractivity contribution in [2.45, 2.75) is 32.9 Å². The molecule has 0 spiro atoms. The van der Waals surface area contributed by atoms with E-state index in [0.717, 1.165) is 54.0 Å². The van der Waals surface area contributed by atoms with Crippen molar-refractivity contribution in [3.63, 3.8) is 0 Å². The maximum absolute atomic E-state index is 12.0. The fourth-order valence-corrected chi connectivity index (χ4v) is 3.61. The molecule has 0 aliphatic carbocycles. The van der Waals surface area contributed by atoms with Gasteiger partial charge in [0.15, 0.2) is 0 Å². The monoisotopic (exact) mass is 379 g/mol. The smallest absolute Gasteiger partial charge is 0.288 e. The summed E-state index contributed by atoms with van der Waals surface area (Å²) in [6.45, 7) is 6.50. The number of aromatic amines is 1. The molecule has 146 valence electrons. The SMILES string of the molecule is CNC(=O)c1nc(C)c(C)c(N2CC[C@@H](NCc3ccc4cn[nH]c4c3)C2)n1. The Morgan fingerprint density at radius 1 is 1.32 bits per heavy atom. The van der Waals surface area contributed by atoms with Gasteiger partial charge in [-0.25, -0.2) is 9.97 Å². The van der Waals surface area contributed by atoms with Gasteiger partial charge in [0.25, 0.3) is 5.91 Å². The first kappa shape index (κ1) is 18.4. The predicted molar refractivity (Wildman–Crippen MR) is 108 cm³/mol. The van der Waals surface area contributed by atoms with Crippen LogP contribution in [0.1, 0.15) is 33.9 Å². The molecule has 1 amide bonds. The number of hydrogen-bond donors (Lipinski definition) is 3. The molecule has 1 aliphatic rings. The van der Waals surface area contributed by atoms with Crippen LogP contribution in [-0.2, 0) is 6.54 Å². The second-order valence-electron chi connectivity index (χ2n) is 7.26. The van der Waals surface area contributed by atoms with E-state index in [1.165, 1.54) is 5.56 Å². The number of fused-ring (bicyclic) bond motifs is 1. The van der Waals surface area contributed by atoms with Crippen molar-refractivity contribution >= 4 is 22.6 Å². The van der Waals surface area contributed by atoms with Crippen LogP contribution < -0.4 is 15.5 Å². The van der Waals surface area contributed by atoms with Gasteiger partial charge in [0, 0.05) is 49.4 Å². The second-order valence-corrected chi connectivity index (χ2v) is 7.26. The average molecular weight is 379 g/mol. The number of rotatable bonds is 5. The van der Waals surface area contributed by atoms with E-state index in [1.807, 2.05) is 20.0 Å². The van der Waals surface area contributed by atoms with E-state index < -0.39 is 0 Å². The van der Waals surface area contributed by atoms with Gasteiger partial charge in [-0.2, -0.15) is 5.10 Å². The number of H-pyrrole nitrogens is 1. The van der Waals surface area contributed by atoms with Crippen LogP contribution in [0.5, 0.6) is 0 Å². The van der Waals surface area contributed by atoms with Crippen molar-refractivity contribution in [3.8, 4) is 0 Å². The minimum absolute atomic E-state index is 0.227. The summed E-state index contributed by atoms with van der Waals surface area (Å²) in [4.78, 5) is 23.1. The number of carbonyl (C=O) groups is 1. The van der Waals surface area contributed by atoms with Crippen LogP contribution >= 0.6 is 0 Å². The molecular formula is C20H25N7O. The minimum Gasteiger partial charge on any atom is -0.355 e. The summed E-state index contributed by atoms with van der Waals surface area (Å²) in [5.74, 6) is 0.826. The van der Waals surface area contributed by atoms with E-state index in [4.69, 9.17) is 0 Å². The number of benzene rings is 1. The van der Waals surface area contributed by atoms with Crippen molar-refractivity contribution in [2.24, 2.45) is 0 Å². The molecule has 3 aromatic rings. The molecular weight excluding hydrogens is 354 g/mol. The van der Waals surface area contributed by atoms with Gasteiger partial charge in [-0.05, 0) is 31.9 Å². The highest BCUT2D eigenvalue weighted by Crippen LogP contribution is 2.24. The number of aromatic nitrogens is 4. The van der Waals surface area contributed by atoms with Crippen molar-refractivity contribution in [1.82, 2.24) is 30.8 Å². The van der Waals surface area contributed by atoms with E-state index in [2.05, 4.69) is 53.9 Å². The number of nitrogens with zero attached hydrogens (tertiary/aromatic N) is 4. The van der Waals surface area contributed by atoms with E-state index in [0.29, 0.717) is 6.04 Å². The molecule has 3 heterocycles. The van der Waals surface area contributed by atoms with Gasteiger partial charge < -0.3 is 15.5 Å². The lowest BCUT2D eigenvalue weighted by molar-refractivity contribution is 0.0952. The molecule has 2 aromatic heterocycles. The zero-order chi connectivity index (χ0) is 19.7. The summed E-state index contributed by atoms with van der Waals surface area (Å²) in [5, 5.41) is 14.4. The van der Waals surface area contributed by atoms with E-state index >= 15 is 0 Å². The summed E-state index contributed by atoms with van der Waals surface area (Å²) in [6.07, 6.45) is 2.87. The Kier molecular flexibility index (Phi) is 4.95. The molecule has 1 fully saturated rings. The van der Waals surface area contributed by atoms with Crippen molar-refractivity contribution < 1.29 is 4.79 Å². The lowest BCUT2D eigenvalue weighted by Gasteiger charge is -2.21. The number of carbonyl (C=O) groups excluding carboxylic acids is 1. The van der Waals surface area contributed by atoms with Gasteiger partial charge in [-0.1, -0.05) is 12.1 Å². The molecule has 3 N–H and O–H groups in total. The van der Waals surface area contributed by atoms with Crippen LogP contribution in [0.2, 0.25) is 0 Å². The molecule has 8 heteroatoms. The van der Waals surface area contributed by atoms with Crippen LogP contribution in [0.25, 0.3) is 10.9 Å². The normalized spacial score (nSPS) is 16.7. The Balaban J connectivity index is 1.43. The number of aryl methyl sites for hydroxylation is 1. The van der Waals surface area contributed by atoms with Crippen LogP contribution in [0.4, 0.5) is 5.82 Å². The lowest BCUT2D eigenvalue weighted by Crippen LogP contribution is -2.33. The third kappa shape index (κ3) is 3.55. The minimum atomic E-state index is -0.257. The van der Waals surface area contributed by atoms with Gasteiger partial charge in [0.2, 0.25) is 5.82 Å². The summed E-state index contributed by atoms with van der Waals surface area (Å²) in [6, 6.07) is 6.72. The zero-order valence-electron chi connectivity index (χ0n) is 16.4. The molecule has 1 aromatic carbocycles. The first-order valence-electron chi connectivity index (χ1n) is 9.53. The van der Waals surface area contributed by atoms with E-state index in [-0.39, 0.29) is 11.7 Å². The molecule has 0 unspecified atom stereocenters. The number of anilines is 1. The molecule has 4 rings (SSSR count). The van der Waals surface area contributed by atoms with E-state index in [1.54, 1.807) is 7.05 Å². The highest BCUT2D eigenvalue weighted by Gasteiger charge is 2.26. The van der Waals surface area contributed by atoms with Crippen LogP contribution in [0.3, 0.4) is 0 Å². The Morgan fingerprint density at radius 3 is 3.00 bits per heavy atom. The first-order chi connectivity index (χ1) is 13.5. The van der Waals surface area contributed by atoms with Crippen molar-refractivity contribution in [2.75, 3.05) is 25.0 Å².